The van der Waals surface area contributed by atoms with Crippen LogP contribution in [0.2, 0.25) is 5.02 Å². The van der Waals surface area contributed by atoms with E-state index in [1.807, 2.05) is 12.1 Å². The molecule has 0 saturated heterocycles. The number of rotatable bonds is 2. The highest BCUT2D eigenvalue weighted by atomic mass is 35.5. The van der Waals surface area contributed by atoms with Crippen molar-refractivity contribution in [3.8, 4) is 0 Å². The third-order valence-corrected chi connectivity index (χ3v) is 3.48. The lowest BCUT2D eigenvalue weighted by atomic mass is 10.1. The Labute approximate surface area is 120 Å². The van der Waals surface area contributed by atoms with Crippen molar-refractivity contribution in [1.82, 2.24) is 0 Å². The monoisotopic (exact) mass is 290 g/mol. The quantitative estimate of drug-likeness (QED) is 0.885. The van der Waals surface area contributed by atoms with Gasteiger partial charge in [-0.1, -0.05) is 11.6 Å². The Balaban J connectivity index is 1.84. The molecule has 1 aliphatic rings. The van der Waals surface area contributed by atoms with Crippen LogP contribution < -0.4 is 10.6 Å². The van der Waals surface area contributed by atoms with E-state index in [4.69, 9.17) is 11.6 Å². The molecule has 0 aliphatic carbocycles. The Bertz CT molecular complexity index is 688. The molecule has 5 heteroatoms. The smallest absolute Gasteiger partial charge is 0.258 e. The van der Waals surface area contributed by atoms with E-state index < -0.39 is 11.7 Å². The standard InChI is InChI=1S/C15H12ClFN2O/c16-10-1-3-13(17)12(8-10)15(20)19-11-2-4-14-9(7-11)5-6-18-14/h1-4,7-8,18H,5-6H2,(H,19,20). The molecule has 0 radical (unpaired) electrons. The number of anilines is 2. The van der Waals surface area contributed by atoms with Gasteiger partial charge in [-0.15, -0.1) is 0 Å². The lowest BCUT2D eigenvalue weighted by Gasteiger charge is -2.08. The molecule has 0 spiro atoms. The van der Waals surface area contributed by atoms with Crippen molar-refractivity contribution in [2.24, 2.45) is 0 Å². The lowest BCUT2D eigenvalue weighted by Crippen LogP contribution is -2.13. The summed E-state index contributed by atoms with van der Waals surface area (Å²) in [5.41, 5.74) is 2.82. The average Bonchev–Trinajstić information content (AvgIpc) is 2.89. The van der Waals surface area contributed by atoms with E-state index in [0.29, 0.717) is 10.7 Å². The summed E-state index contributed by atoms with van der Waals surface area (Å²) in [5, 5.41) is 6.26. The minimum atomic E-state index is -0.588. The Morgan fingerprint density at radius 1 is 1.25 bits per heavy atom. The molecule has 0 unspecified atom stereocenters. The largest absolute Gasteiger partial charge is 0.384 e. The minimum Gasteiger partial charge on any atom is -0.384 e. The summed E-state index contributed by atoms with van der Waals surface area (Å²) >= 11 is 5.79. The van der Waals surface area contributed by atoms with E-state index in [-0.39, 0.29) is 5.56 Å². The first-order chi connectivity index (χ1) is 9.63. The van der Waals surface area contributed by atoms with Crippen LogP contribution in [0.5, 0.6) is 0 Å². The molecule has 0 bridgehead atoms. The number of hydrogen-bond acceptors (Lipinski definition) is 2. The Morgan fingerprint density at radius 3 is 2.95 bits per heavy atom. The molecule has 0 fully saturated rings. The maximum Gasteiger partial charge on any atom is 0.258 e. The van der Waals surface area contributed by atoms with Crippen LogP contribution in [0.3, 0.4) is 0 Å². The fourth-order valence-electron chi connectivity index (χ4n) is 2.25. The molecule has 2 aromatic carbocycles. The first-order valence-electron chi connectivity index (χ1n) is 6.27. The highest BCUT2D eigenvalue weighted by Crippen LogP contribution is 2.26. The number of fused-ring (bicyclic) bond motifs is 1. The summed E-state index contributed by atoms with van der Waals surface area (Å²) in [5.74, 6) is -1.09. The second-order valence-electron chi connectivity index (χ2n) is 4.63. The molecule has 2 N–H and O–H groups in total. The summed E-state index contributed by atoms with van der Waals surface area (Å²) in [6.45, 7) is 0.898. The Morgan fingerprint density at radius 2 is 2.10 bits per heavy atom. The fraction of sp³-hybridized carbons (Fsp3) is 0.133. The van der Waals surface area contributed by atoms with Gasteiger partial charge in [-0.2, -0.15) is 0 Å². The van der Waals surface area contributed by atoms with E-state index in [9.17, 15) is 9.18 Å². The SMILES string of the molecule is O=C(Nc1ccc2c(c1)CCN2)c1cc(Cl)ccc1F. The molecule has 1 heterocycles. The fourth-order valence-corrected chi connectivity index (χ4v) is 2.42. The van der Waals surface area contributed by atoms with E-state index in [1.165, 1.54) is 18.2 Å². The van der Waals surface area contributed by atoms with Gasteiger partial charge in [0.25, 0.3) is 5.91 Å². The molecule has 3 nitrogen and oxygen atoms in total. The van der Waals surface area contributed by atoms with Crippen LogP contribution in [0.25, 0.3) is 0 Å². The summed E-state index contributed by atoms with van der Waals surface area (Å²) in [6, 6.07) is 9.51. The zero-order valence-corrected chi connectivity index (χ0v) is 11.3. The summed E-state index contributed by atoms with van der Waals surface area (Å²) in [6.07, 6.45) is 0.921. The molecule has 0 saturated carbocycles. The van der Waals surface area contributed by atoms with Crippen molar-refractivity contribution in [2.75, 3.05) is 17.2 Å². The van der Waals surface area contributed by atoms with Gasteiger partial charge in [0, 0.05) is 22.9 Å². The van der Waals surface area contributed by atoms with Gasteiger partial charge in [0.2, 0.25) is 0 Å². The number of carbonyl (C=O) groups excluding carboxylic acids is 1. The lowest BCUT2D eigenvalue weighted by molar-refractivity contribution is 0.102. The van der Waals surface area contributed by atoms with Gasteiger partial charge in [0.05, 0.1) is 5.56 Å². The third-order valence-electron chi connectivity index (χ3n) is 3.25. The van der Waals surface area contributed by atoms with Crippen LogP contribution in [0, 0.1) is 5.82 Å². The number of amides is 1. The number of hydrogen-bond donors (Lipinski definition) is 2. The van der Waals surface area contributed by atoms with Crippen LogP contribution in [0.4, 0.5) is 15.8 Å². The van der Waals surface area contributed by atoms with Crippen LogP contribution >= 0.6 is 11.6 Å². The van der Waals surface area contributed by atoms with Crippen molar-refractivity contribution >= 4 is 28.9 Å². The Kier molecular flexibility index (Phi) is 3.32. The first kappa shape index (κ1) is 12.9. The molecule has 102 valence electrons. The van der Waals surface area contributed by atoms with Gasteiger partial charge >= 0.3 is 0 Å². The molecule has 2 aromatic rings. The van der Waals surface area contributed by atoms with Crippen molar-refractivity contribution in [3.05, 3.63) is 58.4 Å². The van der Waals surface area contributed by atoms with Crippen molar-refractivity contribution in [2.45, 2.75) is 6.42 Å². The van der Waals surface area contributed by atoms with E-state index in [2.05, 4.69) is 10.6 Å². The molecule has 3 rings (SSSR count). The number of nitrogens with one attached hydrogen (secondary N) is 2. The second-order valence-corrected chi connectivity index (χ2v) is 5.06. The molecular formula is C15H12ClFN2O. The Hall–Kier alpha value is -2.07. The molecule has 20 heavy (non-hydrogen) atoms. The number of halogens is 2. The van der Waals surface area contributed by atoms with Crippen LogP contribution in [0.15, 0.2) is 36.4 Å². The van der Waals surface area contributed by atoms with Crippen molar-refractivity contribution in [1.29, 1.82) is 0 Å². The molecule has 0 atom stereocenters. The molecule has 1 amide bonds. The minimum absolute atomic E-state index is 0.0591. The van der Waals surface area contributed by atoms with Crippen molar-refractivity contribution < 1.29 is 9.18 Å². The summed E-state index contributed by atoms with van der Waals surface area (Å²) in [7, 11) is 0. The predicted molar refractivity (Wildman–Crippen MR) is 78.0 cm³/mol. The zero-order chi connectivity index (χ0) is 14.1. The van der Waals surface area contributed by atoms with E-state index in [1.54, 1.807) is 6.07 Å². The van der Waals surface area contributed by atoms with Crippen LogP contribution in [0.1, 0.15) is 15.9 Å². The van der Waals surface area contributed by atoms with Gasteiger partial charge in [0.1, 0.15) is 5.82 Å². The second kappa shape index (κ2) is 5.13. The van der Waals surface area contributed by atoms with Gasteiger partial charge in [-0.3, -0.25) is 4.79 Å². The maximum atomic E-state index is 13.6. The molecular weight excluding hydrogens is 279 g/mol. The van der Waals surface area contributed by atoms with Crippen LogP contribution in [-0.4, -0.2) is 12.5 Å². The molecule has 0 aromatic heterocycles. The highest BCUT2D eigenvalue weighted by molar-refractivity contribution is 6.31. The maximum absolute atomic E-state index is 13.6. The zero-order valence-electron chi connectivity index (χ0n) is 10.5. The summed E-state index contributed by atoms with van der Waals surface area (Å²) in [4.78, 5) is 12.1. The van der Waals surface area contributed by atoms with E-state index >= 15 is 0 Å². The normalized spacial score (nSPS) is 12.7. The van der Waals surface area contributed by atoms with E-state index in [0.717, 1.165) is 24.2 Å². The number of benzene rings is 2. The van der Waals surface area contributed by atoms with Gasteiger partial charge < -0.3 is 10.6 Å². The topological polar surface area (TPSA) is 41.1 Å². The van der Waals surface area contributed by atoms with Gasteiger partial charge in [-0.05, 0) is 48.4 Å². The first-order valence-corrected chi connectivity index (χ1v) is 6.64. The van der Waals surface area contributed by atoms with Gasteiger partial charge in [-0.25, -0.2) is 4.39 Å². The number of carbonyl (C=O) groups is 1. The third kappa shape index (κ3) is 2.47. The molecule has 1 aliphatic heterocycles. The van der Waals surface area contributed by atoms with Crippen molar-refractivity contribution in [3.63, 3.8) is 0 Å². The summed E-state index contributed by atoms with van der Waals surface area (Å²) < 4.78 is 13.6. The highest BCUT2D eigenvalue weighted by Gasteiger charge is 2.14. The van der Waals surface area contributed by atoms with Crippen LogP contribution in [-0.2, 0) is 6.42 Å². The van der Waals surface area contributed by atoms with Gasteiger partial charge in [0.15, 0.2) is 0 Å². The predicted octanol–water partition coefficient (Wildman–Crippen LogP) is 3.70. The average molecular weight is 291 g/mol.